The molecule has 0 aromatic carbocycles. The van der Waals surface area contributed by atoms with Crippen LogP contribution in [0.4, 0.5) is 13.2 Å². The van der Waals surface area contributed by atoms with Crippen LogP contribution in [-0.2, 0) is 0 Å². The van der Waals surface area contributed by atoms with Crippen molar-refractivity contribution in [1.82, 2.24) is 10.2 Å². The van der Waals surface area contributed by atoms with Crippen LogP contribution in [0.5, 0.6) is 0 Å². The standard InChI is InChI=1S/C11H19F3N2/c1-2-15-8-5-9-3-4-10(6-8)16(9)7-11(12,13)14/h8-10,15H,2-7H2,1H3. The van der Waals surface area contributed by atoms with Crippen molar-refractivity contribution >= 4 is 0 Å². The topological polar surface area (TPSA) is 15.3 Å². The van der Waals surface area contributed by atoms with Gasteiger partial charge in [-0.3, -0.25) is 4.90 Å². The van der Waals surface area contributed by atoms with Gasteiger partial charge < -0.3 is 5.32 Å². The van der Waals surface area contributed by atoms with E-state index in [9.17, 15) is 13.2 Å². The summed E-state index contributed by atoms with van der Waals surface area (Å²) in [4.78, 5) is 1.67. The molecule has 2 aliphatic heterocycles. The fourth-order valence-corrected chi connectivity index (χ4v) is 3.19. The van der Waals surface area contributed by atoms with E-state index in [0.717, 1.165) is 32.2 Å². The molecule has 0 radical (unpaired) electrons. The second-order valence-electron chi connectivity index (χ2n) is 4.90. The molecule has 0 amide bonds. The smallest absolute Gasteiger partial charge is 0.314 e. The van der Waals surface area contributed by atoms with Crippen LogP contribution in [0, 0.1) is 0 Å². The molecule has 0 spiro atoms. The van der Waals surface area contributed by atoms with Gasteiger partial charge in [0, 0.05) is 18.1 Å². The number of halogens is 3. The van der Waals surface area contributed by atoms with Gasteiger partial charge in [0.2, 0.25) is 0 Å². The number of rotatable bonds is 3. The third-order valence-corrected chi connectivity index (χ3v) is 3.74. The van der Waals surface area contributed by atoms with E-state index in [1.165, 1.54) is 0 Å². The highest BCUT2D eigenvalue weighted by molar-refractivity contribution is 4.97. The number of fused-ring (bicyclic) bond motifs is 2. The van der Waals surface area contributed by atoms with Gasteiger partial charge in [-0.15, -0.1) is 0 Å². The van der Waals surface area contributed by atoms with Crippen molar-refractivity contribution in [2.24, 2.45) is 0 Å². The highest BCUT2D eigenvalue weighted by Gasteiger charge is 2.45. The van der Waals surface area contributed by atoms with Crippen molar-refractivity contribution in [3.63, 3.8) is 0 Å². The van der Waals surface area contributed by atoms with Crippen LogP contribution >= 0.6 is 0 Å². The quantitative estimate of drug-likeness (QED) is 0.807. The van der Waals surface area contributed by atoms with Crippen LogP contribution in [-0.4, -0.2) is 42.3 Å². The first-order chi connectivity index (χ1) is 7.49. The molecular weight excluding hydrogens is 217 g/mol. The van der Waals surface area contributed by atoms with E-state index in [1.54, 1.807) is 4.90 Å². The van der Waals surface area contributed by atoms with Gasteiger partial charge in [0.25, 0.3) is 0 Å². The summed E-state index contributed by atoms with van der Waals surface area (Å²) in [5.74, 6) is 0. The molecule has 2 bridgehead atoms. The Bertz CT molecular complexity index is 228. The van der Waals surface area contributed by atoms with Crippen molar-refractivity contribution in [3.05, 3.63) is 0 Å². The van der Waals surface area contributed by atoms with Gasteiger partial charge in [-0.25, -0.2) is 0 Å². The van der Waals surface area contributed by atoms with Crippen molar-refractivity contribution in [2.75, 3.05) is 13.1 Å². The zero-order valence-electron chi connectivity index (χ0n) is 9.56. The zero-order chi connectivity index (χ0) is 11.8. The molecule has 2 heterocycles. The summed E-state index contributed by atoms with van der Waals surface area (Å²) >= 11 is 0. The molecule has 16 heavy (non-hydrogen) atoms. The largest absolute Gasteiger partial charge is 0.401 e. The predicted molar refractivity (Wildman–Crippen MR) is 56.3 cm³/mol. The summed E-state index contributed by atoms with van der Waals surface area (Å²) in [7, 11) is 0. The van der Waals surface area contributed by atoms with E-state index >= 15 is 0 Å². The van der Waals surface area contributed by atoms with Crippen LogP contribution in [0.2, 0.25) is 0 Å². The second-order valence-corrected chi connectivity index (χ2v) is 4.90. The molecule has 2 fully saturated rings. The van der Waals surface area contributed by atoms with Crippen molar-refractivity contribution in [1.29, 1.82) is 0 Å². The van der Waals surface area contributed by atoms with Crippen LogP contribution in [0.3, 0.4) is 0 Å². The average molecular weight is 236 g/mol. The molecule has 0 aliphatic carbocycles. The third-order valence-electron chi connectivity index (χ3n) is 3.74. The minimum absolute atomic E-state index is 0.143. The molecule has 2 rings (SSSR count). The SMILES string of the molecule is CCNC1CC2CCC(C1)N2CC(F)(F)F. The molecule has 0 aromatic rings. The van der Waals surface area contributed by atoms with Gasteiger partial charge in [0.1, 0.15) is 0 Å². The minimum Gasteiger partial charge on any atom is -0.314 e. The van der Waals surface area contributed by atoms with Crippen LogP contribution in [0.25, 0.3) is 0 Å². The molecule has 2 saturated heterocycles. The van der Waals surface area contributed by atoms with Crippen LogP contribution < -0.4 is 5.32 Å². The number of nitrogens with zero attached hydrogens (tertiary/aromatic N) is 1. The number of piperidine rings is 1. The third kappa shape index (κ3) is 2.69. The van der Waals surface area contributed by atoms with E-state index in [4.69, 9.17) is 0 Å². The Labute approximate surface area is 94.2 Å². The van der Waals surface area contributed by atoms with Gasteiger partial charge in [0.15, 0.2) is 0 Å². The van der Waals surface area contributed by atoms with E-state index in [-0.39, 0.29) is 12.1 Å². The lowest BCUT2D eigenvalue weighted by Gasteiger charge is -2.39. The highest BCUT2D eigenvalue weighted by atomic mass is 19.4. The lowest BCUT2D eigenvalue weighted by atomic mass is 9.97. The number of alkyl halides is 3. The van der Waals surface area contributed by atoms with E-state index < -0.39 is 12.7 Å². The minimum atomic E-state index is -4.05. The maximum absolute atomic E-state index is 12.4. The molecular formula is C11H19F3N2. The summed E-state index contributed by atoms with van der Waals surface area (Å²) in [6, 6.07) is 0.709. The van der Waals surface area contributed by atoms with E-state index in [2.05, 4.69) is 5.32 Å². The molecule has 0 aromatic heterocycles. The van der Waals surface area contributed by atoms with Crippen molar-refractivity contribution in [3.8, 4) is 0 Å². The Morgan fingerprint density at radius 3 is 2.19 bits per heavy atom. The number of hydrogen-bond acceptors (Lipinski definition) is 2. The van der Waals surface area contributed by atoms with Gasteiger partial charge >= 0.3 is 6.18 Å². The maximum Gasteiger partial charge on any atom is 0.401 e. The van der Waals surface area contributed by atoms with Crippen LogP contribution in [0.15, 0.2) is 0 Å². The molecule has 2 atom stereocenters. The van der Waals surface area contributed by atoms with Crippen molar-refractivity contribution in [2.45, 2.75) is 56.9 Å². The Balaban J connectivity index is 1.94. The van der Waals surface area contributed by atoms with Crippen LogP contribution in [0.1, 0.15) is 32.6 Å². The van der Waals surface area contributed by atoms with Crippen molar-refractivity contribution < 1.29 is 13.2 Å². The highest BCUT2D eigenvalue weighted by Crippen LogP contribution is 2.37. The lowest BCUT2D eigenvalue weighted by Crippen LogP contribution is -2.51. The monoisotopic (exact) mass is 236 g/mol. The molecule has 2 aliphatic rings. The molecule has 5 heteroatoms. The van der Waals surface area contributed by atoms with E-state index in [1.807, 2.05) is 6.92 Å². The van der Waals surface area contributed by atoms with Gasteiger partial charge in [-0.05, 0) is 32.2 Å². The molecule has 2 nitrogen and oxygen atoms in total. The molecule has 0 saturated carbocycles. The first kappa shape index (κ1) is 12.2. The summed E-state index contributed by atoms with van der Waals surface area (Å²) in [5, 5.41) is 3.36. The fraction of sp³-hybridized carbons (Fsp3) is 1.00. The predicted octanol–water partition coefficient (Wildman–Crippen LogP) is 2.15. The Morgan fingerprint density at radius 2 is 1.75 bits per heavy atom. The zero-order valence-corrected chi connectivity index (χ0v) is 9.56. The average Bonchev–Trinajstić information content (AvgIpc) is 2.42. The molecule has 94 valence electrons. The van der Waals surface area contributed by atoms with E-state index in [0.29, 0.717) is 6.04 Å². The maximum atomic E-state index is 12.4. The number of hydrogen-bond donors (Lipinski definition) is 1. The number of nitrogens with one attached hydrogen (secondary N) is 1. The summed E-state index contributed by atoms with van der Waals surface area (Å²) in [6.07, 6.45) is -0.433. The van der Waals surface area contributed by atoms with Gasteiger partial charge in [-0.2, -0.15) is 13.2 Å². The summed E-state index contributed by atoms with van der Waals surface area (Å²) in [5.41, 5.74) is 0. The first-order valence-corrected chi connectivity index (χ1v) is 6.05. The fourth-order valence-electron chi connectivity index (χ4n) is 3.19. The first-order valence-electron chi connectivity index (χ1n) is 6.05. The summed E-state index contributed by atoms with van der Waals surface area (Å²) < 4.78 is 37.2. The Kier molecular flexibility index (Phi) is 3.45. The normalized spacial score (nSPS) is 35.6. The molecule has 2 unspecified atom stereocenters. The Hall–Kier alpha value is -0.290. The molecule has 1 N–H and O–H groups in total. The Morgan fingerprint density at radius 1 is 1.19 bits per heavy atom. The van der Waals surface area contributed by atoms with Gasteiger partial charge in [-0.1, -0.05) is 6.92 Å². The lowest BCUT2D eigenvalue weighted by molar-refractivity contribution is -0.155. The summed E-state index contributed by atoms with van der Waals surface area (Å²) in [6.45, 7) is 2.23. The second kappa shape index (κ2) is 4.53. The van der Waals surface area contributed by atoms with Gasteiger partial charge in [0.05, 0.1) is 6.54 Å².